The van der Waals surface area contributed by atoms with Gasteiger partial charge >= 0.3 is 6.03 Å². The minimum Gasteiger partial charge on any atom is -0.504 e. The van der Waals surface area contributed by atoms with Gasteiger partial charge in [-0.1, -0.05) is 18.2 Å². The number of carbonyl (C=O) groups excluding carboxylic acids is 2. The normalized spacial score (nSPS) is 12.0. The van der Waals surface area contributed by atoms with Crippen LogP contribution in [0.25, 0.3) is 0 Å². The first-order valence-electron chi connectivity index (χ1n) is 10.5. The number of urea groups is 1. The van der Waals surface area contributed by atoms with Gasteiger partial charge in [0.2, 0.25) is 5.91 Å². The van der Waals surface area contributed by atoms with Crippen LogP contribution in [0, 0.1) is 18.6 Å². The highest BCUT2D eigenvalue weighted by atomic mass is 32.2. The standard InChI is InChI=1S/C24H23F2N3O6S/c1-14-5-3-4-6-22(14)36(34,35)28-24(33)27-19(11-15-9-16(25)12-17(26)10-15)23(32)29(2)18-7-8-20(30)21(31)13-18/h3-10,12-13,19,30-31H,11H2,1-2H3,(H2,27,28,33). The van der Waals surface area contributed by atoms with Crippen LogP contribution < -0.4 is 14.9 Å². The van der Waals surface area contributed by atoms with Gasteiger partial charge in [0.25, 0.3) is 10.0 Å². The molecule has 0 aliphatic carbocycles. The van der Waals surface area contributed by atoms with E-state index in [0.717, 1.165) is 29.2 Å². The van der Waals surface area contributed by atoms with Crippen LogP contribution in [-0.2, 0) is 21.2 Å². The van der Waals surface area contributed by atoms with E-state index in [9.17, 15) is 37.0 Å². The summed E-state index contributed by atoms with van der Waals surface area (Å²) in [5.41, 5.74) is 0.530. The predicted octanol–water partition coefficient (Wildman–Crippen LogP) is 2.95. The molecule has 0 aliphatic heterocycles. The SMILES string of the molecule is Cc1ccccc1S(=O)(=O)NC(=O)NC(Cc1cc(F)cc(F)c1)C(=O)N(C)c1ccc(O)c(O)c1. The molecule has 0 aliphatic rings. The third-order valence-electron chi connectivity index (χ3n) is 5.25. The third kappa shape index (κ3) is 6.27. The highest BCUT2D eigenvalue weighted by Gasteiger charge is 2.28. The van der Waals surface area contributed by atoms with Crippen LogP contribution in [0.1, 0.15) is 11.1 Å². The summed E-state index contributed by atoms with van der Waals surface area (Å²) in [5.74, 6) is -3.54. The van der Waals surface area contributed by atoms with Crippen molar-refractivity contribution in [3.8, 4) is 11.5 Å². The zero-order valence-corrected chi connectivity index (χ0v) is 20.0. The molecule has 0 spiro atoms. The molecule has 190 valence electrons. The molecule has 36 heavy (non-hydrogen) atoms. The van der Waals surface area contributed by atoms with Crippen LogP contribution in [0.3, 0.4) is 0 Å². The van der Waals surface area contributed by atoms with Crippen molar-refractivity contribution in [2.75, 3.05) is 11.9 Å². The number of benzene rings is 3. The second-order valence-corrected chi connectivity index (χ2v) is 9.60. The number of aromatic hydroxyl groups is 2. The summed E-state index contributed by atoms with van der Waals surface area (Å²) in [6.45, 7) is 1.54. The molecule has 3 aromatic rings. The van der Waals surface area contributed by atoms with Crippen molar-refractivity contribution < 1.29 is 37.0 Å². The molecule has 1 unspecified atom stereocenters. The Labute approximate surface area is 206 Å². The number of anilines is 1. The van der Waals surface area contributed by atoms with Crippen LogP contribution in [0.15, 0.2) is 65.6 Å². The Balaban J connectivity index is 1.89. The van der Waals surface area contributed by atoms with Crippen LogP contribution in [0.4, 0.5) is 19.3 Å². The van der Waals surface area contributed by atoms with E-state index < -0.39 is 51.1 Å². The topological polar surface area (TPSA) is 136 Å². The maximum Gasteiger partial charge on any atom is 0.329 e. The number of carbonyl (C=O) groups is 2. The molecule has 0 bridgehead atoms. The number of hydrogen-bond donors (Lipinski definition) is 4. The highest BCUT2D eigenvalue weighted by molar-refractivity contribution is 7.90. The molecule has 0 radical (unpaired) electrons. The van der Waals surface area contributed by atoms with Gasteiger partial charge in [-0.3, -0.25) is 4.79 Å². The number of sulfonamides is 1. The van der Waals surface area contributed by atoms with Crippen LogP contribution >= 0.6 is 0 Å². The summed E-state index contributed by atoms with van der Waals surface area (Å²) >= 11 is 0. The summed E-state index contributed by atoms with van der Waals surface area (Å²) in [4.78, 5) is 26.8. The number of amides is 3. The lowest BCUT2D eigenvalue weighted by Crippen LogP contribution is -2.52. The average molecular weight is 520 g/mol. The maximum absolute atomic E-state index is 13.7. The molecular formula is C24H23F2N3O6S. The molecule has 0 heterocycles. The van der Waals surface area contributed by atoms with Crippen molar-refractivity contribution in [1.29, 1.82) is 0 Å². The van der Waals surface area contributed by atoms with Crippen molar-refractivity contribution in [2.24, 2.45) is 0 Å². The van der Waals surface area contributed by atoms with E-state index in [1.54, 1.807) is 19.1 Å². The van der Waals surface area contributed by atoms with E-state index in [1.165, 1.54) is 25.2 Å². The Kier molecular flexibility index (Phi) is 7.78. The van der Waals surface area contributed by atoms with E-state index in [1.807, 2.05) is 4.72 Å². The Bertz CT molecular complexity index is 1390. The monoisotopic (exact) mass is 519 g/mol. The average Bonchev–Trinajstić information content (AvgIpc) is 2.78. The van der Waals surface area contributed by atoms with Gasteiger partial charge in [0.15, 0.2) is 11.5 Å². The van der Waals surface area contributed by atoms with Crippen molar-refractivity contribution in [3.63, 3.8) is 0 Å². The first-order chi connectivity index (χ1) is 16.9. The lowest BCUT2D eigenvalue weighted by molar-refractivity contribution is -0.120. The van der Waals surface area contributed by atoms with E-state index in [4.69, 9.17) is 0 Å². The Morgan fingerprint density at radius 2 is 1.61 bits per heavy atom. The number of hydrogen-bond acceptors (Lipinski definition) is 6. The molecule has 3 rings (SSSR count). The molecule has 12 heteroatoms. The first kappa shape index (κ1) is 26.4. The minimum atomic E-state index is -4.30. The number of phenols is 2. The van der Waals surface area contributed by atoms with Gasteiger partial charge in [0.05, 0.1) is 4.90 Å². The van der Waals surface area contributed by atoms with Gasteiger partial charge in [0.1, 0.15) is 17.7 Å². The predicted molar refractivity (Wildman–Crippen MR) is 127 cm³/mol. The zero-order valence-electron chi connectivity index (χ0n) is 19.2. The van der Waals surface area contributed by atoms with Crippen molar-refractivity contribution in [1.82, 2.24) is 10.0 Å². The fraction of sp³-hybridized carbons (Fsp3) is 0.167. The summed E-state index contributed by atoms with van der Waals surface area (Å²) in [5, 5.41) is 21.5. The van der Waals surface area contributed by atoms with Crippen molar-refractivity contribution in [3.05, 3.63) is 83.4 Å². The first-order valence-corrected chi connectivity index (χ1v) is 12.0. The van der Waals surface area contributed by atoms with E-state index in [2.05, 4.69) is 5.32 Å². The number of nitrogens with zero attached hydrogens (tertiary/aromatic N) is 1. The lowest BCUT2D eigenvalue weighted by Gasteiger charge is -2.25. The van der Waals surface area contributed by atoms with Gasteiger partial charge in [-0.25, -0.2) is 26.7 Å². The molecule has 1 atom stereocenters. The Morgan fingerprint density at radius 3 is 2.22 bits per heavy atom. The molecule has 0 saturated carbocycles. The number of aryl methyl sites for hydroxylation is 1. The molecule has 9 nitrogen and oxygen atoms in total. The Hall–Kier alpha value is -4.19. The number of likely N-dealkylation sites (N-methyl/N-ethyl adjacent to an activating group) is 1. The molecule has 0 fully saturated rings. The van der Waals surface area contributed by atoms with Gasteiger partial charge in [-0.15, -0.1) is 0 Å². The molecule has 0 saturated heterocycles. The summed E-state index contributed by atoms with van der Waals surface area (Å²) < 4.78 is 54.6. The van der Waals surface area contributed by atoms with Gasteiger partial charge in [0, 0.05) is 31.3 Å². The van der Waals surface area contributed by atoms with E-state index in [0.29, 0.717) is 11.6 Å². The quantitative estimate of drug-likeness (QED) is 0.355. The van der Waals surface area contributed by atoms with Gasteiger partial charge < -0.3 is 20.4 Å². The minimum absolute atomic E-state index is 0.0230. The third-order valence-corrected chi connectivity index (χ3v) is 6.74. The largest absolute Gasteiger partial charge is 0.504 e. The maximum atomic E-state index is 13.7. The molecule has 3 aromatic carbocycles. The van der Waals surface area contributed by atoms with E-state index in [-0.39, 0.29) is 22.6 Å². The zero-order chi connectivity index (χ0) is 26.6. The number of phenolic OH excluding ortho intramolecular Hbond substituents is 2. The summed E-state index contributed by atoms with van der Waals surface area (Å²) in [7, 11) is -3.00. The molecule has 0 aromatic heterocycles. The second kappa shape index (κ2) is 10.6. The summed E-state index contributed by atoms with van der Waals surface area (Å²) in [6, 6.07) is 9.36. The number of nitrogens with one attached hydrogen (secondary N) is 2. The molecule has 4 N–H and O–H groups in total. The van der Waals surface area contributed by atoms with Crippen LogP contribution in [0.5, 0.6) is 11.5 Å². The fourth-order valence-corrected chi connectivity index (χ4v) is 4.63. The second-order valence-electron chi connectivity index (χ2n) is 7.95. The van der Waals surface area contributed by atoms with E-state index >= 15 is 0 Å². The van der Waals surface area contributed by atoms with Gasteiger partial charge in [-0.2, -0.15) is 0 Å². The number of halogens is 2. The molecule has 3 amide bonds. The van der Waals surface area contributed by atoms with Crippen molar-refractivity contribution >= 4 is 27.6 Å². The smallest absolute Gasteiger partial charge is 0.329 e. The fourth-order valence-electron chi connectivity index (χ4n) is 3.47. The molecular weight excluding hydrogens is 496 g/mol. The lowest BCUT2D eigenvalue weighted by atomic mass is 10.0. The highest BCUT2D eigenvalue weighted by Crippen LogP contribution is 2.29. The van der Waals surface area contributed by atoms with Gasteiger partial charge in [-0.05, 0) is 48.4 Å². The van der Waals surface area contributed by atoms with Crippen LogP contribution in [-0.4, -0.2) is 43.7 Å². The summed E-state index contributed by atoms with van der Waals surface area (Å²) in [6.07, 6.45) is -0.389. The van der Waals surface area contributed by atoms with Crippen molar-refractivity contribution in [2.45, 2.75) is 24.3 Å². The Morgan fingerprint density at radius 1 is 0.972 bits per heavy atom. The number of rotatable bonds is 7. The van der Waals surface area contributed by atoms with Crippen LogP contribution in [0.2, 0.25) is 0 Å².